The van der Waals surface area contributed by atoms with Crippen molar-refractivity contribution in [2.45, 2.75) is 50.7 Å². The minimum absolute atomic E-state index is 0.123. The number of aromatic nitrogens is 1. The second kappa shape index (κ2) is 10.7. The van der Waals surface area contributed by atoms with E-state index >= 15 is 0 Å². The number of ether oxygens (including phenoxy) is 1. The molecular weight excluding hydrogens is 432 g/mol. The highest BCUT2D eigenvalue weighted by atomic mass is 16.5. The number of oxazole rings is 1. The number of carbonyl (C=O) groups excluding carboxylic acids is 1. The Bertz CT molecular complexity index is 1240. The molecule has 1 aliphatic carbocycles. The number of aryl methyl sites for hydroxylation is 1. The molecule has 1 amide bonds. The number of fused-ring (bicyclic) bond motifs is 1. The van der Waals surface area contributed by atoms with Crippen molar-refractivity contribution < 1.29 is 13.9 Å². The zero-order valence-corrected chi connectivity index (χ0v) is 19.3. The predicted molar refractivity (Wildman–Crippen MR) is 129 cm³/mol. The van der Waals surface area contributed by atoms with Crippen molar-refractivity contribution in [3.05, 3.63) is 58.6 Å². The van der Waals surface area contributed by atoms with Gasteiger partial charge in [0.1, 0.15) is 6.04 Å². The highest BCUT2D eigenvalue weighted by Crippen LogP contribution is 2.26. The predicted octanol–water partition coefficient (Wildman–Crippen LogP) is 2.98. The van der Waals surface area contributed by atoms with Crippen LogP contribution in [0.2, 0.25) is 0 Å². The molecule has 8 heteroatoms. The number of benzene rings is 2. The van der Waals surface area contributed by atoms with E-state index < -0.39 is 6.04 Å². The van der Waals surface area contributed by atoms with Gasteiger partial charge in [0.15, 0.2) is 5.58 Å². The van der Waals surface area contributed by atoms with Gasteiger partial charge >= 0.3 is 5.76 Å². The Balaban J connectivity index is 1.46. The molecule has 0 aliphatic heterocycles. The maximum absolute atomic E-state index is 12.5. The minimum atomic E-state index is -0.602. The Kier molecular flexibility index (Phi) is 7.46. The maximum Gasteiger partial charge on any atom is 0.419 e. The van der Waals surface area contributed by atoms with Crippen LogP contribution < -0.4 is 16.8 Å². The topological polar surface area (TPSA) is 123 Å². The molecule has 3 N–H and O–H groups in total. The van der Waals surface area contributed by atoms with Crippen molar-refractivity contribution >= 4 is 17.0 Å². The summed E-state index contributed by atoms with van der Waals surface area (Å²) in [5.74, 6) is -0.706. The molecule has 4 rings (SSSR count). The number of nitriles is 1. The fraction of sp³-hybridized carbons (Fsp3) is 0.423. The summed E-state index contributed by atoms with van der Waals surface area (Å²) < 4.78 is 12.1. The number of rotatable bonds is 9. The molecule has 1 saturated carbocycles. The number of hydrogen-bond acceptors (Lipinski definition) is 6. The van der Waals surface area contributed by atoms with Crippen molar-refractivity contribution in [2.24, 2.45) is 11.7 Å². The lowest BCUT2D eigenvalue weighted by molar-refractivity contribution is -0.125. The zero-order valence-electron chi connectivity index (χ0n) is 19.3. The Morgan fingerprint density at radius 1 is 1.26 bits per heavy atom. The van der Waals surface area contributed by atoms with Crippen molar-refractivity contribution in [1.29, 1.82) is 5.26 Å². The minimum Gasteiger partial charge on any atom is -0.408 e. The van der Waals surface area contributed by atoms with E-state index in [9.17, 15) is 14.9 Å². The van der Waals surface area contributed by atoms with Crippen LogP contribution >= 0.6 is 0 Å². The average Bonchev–Trinajstić information content (AvgIpc) is 3.41. The van der Waals surface area contributed by atoms with Gasteiger partial charge in [-0.3, -0.25) is 9.36 Å². The van der Waals surface area contributed by atoms with E-state index in [1.54, 1.807) is 11.7 Å². The molecule has 1 aromatic heterocycles. The van der Waals surface area contributed by atoms with Gasteiger partial charge in [0.05, 0.1) is 17.5 Å². The largest absolute Gasteiger partial charge is 0.419 e. The molecule has 0 saturated heterocycles. The van der Waals surface area contributed by atoms with Gasteiger partial charge < -0.3 is 20.2 Å². The molecule has 0 spiro atoms. The van der Waals surface area contributed by atoms with Crippen molar-refractivity contribution in [2.75, 3.05) is 13.7 Å². The molecule has 3 aromatic rings. The quantitative estimate of drug-likeness (QED) is 0.471. The van der Waals surface area contributed by atoms with Crippen molar-refractivity contribution in [3.8, 4) is 17.2 Å². The third kappa shape index (κ3) is 5.22. The van der Waals surface area contributed by atoms with Gasteiger partial charge in [0.2, 0.25) is 5.91 Å². The Hall–Kier alpha value is -3.41. The molecule has 0 radical (unpaired) electrons. The highest BCUT2D eigenvalue weighted by Gasteiger charge is 2.31. The number of nitrogens with two attached hydrogens (primary N) is 1. The molecule has 3 unspecified atom stereocenters. The SMILES string of the molecule is COCCCn1c(=O)oc2ccc(-c3ccc(CC(C#N)NC(=O)C4CCCC4N)cc3)cc21. The van der Waals surface area contributed by atoms with E-state index in [0.29, 0.717) is 31.6 Å². The Labute approximate surface area is 198 Å². The molecular formula is C26H30N4O4. The van der Waals surface area contributed by atoms with Crippen LogP contribution in [-0.4, -0.2) is 36.3 Å². The average molecular weight is 463 g/mol. The summed E-state index contributed by atoms with van der Waals surface area (Å²) in [6.07, 6.45) is 3.72. The van der Waals surface area contributed by atoms with E-state index in [-0.39, 0.29) is 23.6 Å². The Morgan fingerprint density at radius 2 is 2.03 bits per heavy atom. The van der Waals surface area contributed by atoms with E-state index in [1.807, 2.05) is 42.5 Å². The van der Waals surface area contributed by atoms with Crippen LogP contribution in [0.4, 0.5) is 0 Å². The molecule has 2 aromatic carbocycles. The van der Waals surface area contributed by atoms with Crippen LogP contribution in [0.15, 0.2) is 51.7 Å². The lowest BCUT2D eigenvalue weighted by Gasteiger charge is -2.18. The molecule has 1 fully saturated rings. The van der Waals surface area contributed by atoms with Crippen LogP contribution in [0.25, 0.3) is 22.2 Å². The Morgan fingerprint density at radius 3 is 2.71 bits per heavy atom. The fourth-order valence-electron chi connectivity index (χ4n) is 4.61. The van der Waals surface area contributed by atoms with Crippen LogP contribution in [0, 0.1) is 17.2 Å². The summed E-state index contributed by atoms with van der Waals surface area (Å²) >= 11 is 0. The first-order chi connectivity index (χ1) is 16.5. The number of amides is 1. The molecule has 8 nitrogen and oxygen atoms in total. The number of hydrogen-bond donors (Lipinski definition) is 2. The summed E-state index contributed by atoms with van der Waals surface area (Å²) in [7, 11) is 1.63. The second-order valence-electron chi connectivity index (χ2n) is 8.84. The molecule has 1 aliphatic rings. The first-order valence-electron chi connectivity index (χ1n) is 11.7. The van der Waals surface area contributed by atoms with Crippen LogP contribution in [0.5, 0.6) is 0 Å². The lowest BCUT2D eigenvalue weighted by atomic mass is 9.99. The van der Waals surface area contributed by atoms with Gasteiger partial charge in [-0.15, -0.1) is 0 Å². The van der Waals surface area contributed by atoms with Gasteiger partial charge in [-0.25, -0.2) is 4.79 Å². The molecule has 178 valence electrons. The summed E-state index contributed by atoms with van der Waals surface area (Å²) in [4.78, 5) is 24.7. The summed E-state index contributed by atoms with van der Waals surface area (Å²) in [5.41, 5.74) is 10.2. The molecule has 34 heavy (non-hydrogen) atoms. The third-order valence-corrected chi connectivity index (χ3v) is 6.50. The van der Waals surface area contributed by atoms with E-state index in [0.717, 1.165) is 41.5 Å². The van der Waals surface area contributed by atoms with Crippen LogP contribution in [0.3, 0.4) is 0 Å². The van der Waals surface area contributed by atoms with Gasteiger partial charge in [0, 0.05) is 32.7 Å². The smallest absolute Gasteiger partial charge is 0.408 e. The second-order valence-corrected chi connectivity index (χ2v) is 8.84. The normalized spacial score (nSPS) is 18.6. The zero-order chi connectivity index (χ0) is 24.1. The van der Waals surface area contributed by atoms with E-state index in [4.69, 9.17) is 14.9 Å². The summed E-state index contributed by atoms with van der Waals surface area (Å²) in [6.45, 7) is 1.09. The first kappa shape index (κ1) is 23.7. The maximum atomic E-state index is 12.5. The summed E-state index contributed by atoms with van der Waals surface area (Å²) in [5, 5.41) is 12.4. The van der Waals surface area contributed by atoms with Gasteiger partial charge in [-0.1, -0.05) is 36.8 Å². The molecule has 3 atom stereocenters. The fourth-order valence-corrected chi connectivity index (χ4v) is 4.61. The number of methoxy groups -OCH3 is 1. The molecule has 0 bridgehead atoms. The number of nitrogens with one attached hydrogen (secondary N) is 1. The van der Waals surface area contributed by atoms with Crippen molar-refractivity contribution in [1.82, 2.24) is 9.88 Å². The monoisotopic (exact) mass is 462 g/mol. The summed E-state index contributed by atoms with van der Waals surface area (Å²) in [6, 6.07) is 15.0. The lowest BCUT2D eigenvalue weighted by Crippen LogP contribution is -2.43. The van der Waals surface area contributed by atoms with Crippen LogP contribution in [0.1, 0.15) is 31.2 Å². The van der Waals surface area contributed by atoms with Crippen molar-refractivity contribution in [3.63, 3.8) is 0 Å². The number of nitrogens with zero attached hydrogens (tertiary/aromatic N) is 2. The standard InChI is InChI=1S/C26H30N4O4/c1-33-13-3-12-30-23-15-19(10-11-24(23)34-26(30)32)18-8-6-17(7-9-18)14-20(16-27)29-25(31)21-4-2-5-22(21)28/h6-11,15,20-22H,2-5,12-14,28H2,1H3,(H,29,31). The van der Waals surface area contributed by atoms with Gasteiger partial charge in [-0.2, -0.15) is 5.26 Å². The third-order valence-electron chi connectivity index (χ3n) is 6.50. The molecule has 1 heterocycles. The van der Waals surface area contributed by atoms with E-state index in [2.05, 4.69) is 11.4 Å². The van der Waals surface area contributed by atoms with Gasteiger partial charge in [0.25, 0.3) is 0 Å². The van der Waals surface area contributed by atoms with Gasteiger partial charge in [-0.05, 0) is 48.1 Å². The van der Waals surface area contributed by atoms with Crippen LogP contribution in [-0.2, 0) is 22.5 Å². The number of carbonyl (C=O) groups is 1. The first-order valence-corrected chi connectivity index (χ1v) is 11.7. The highest BCUT2D eigenvalue weighted by molar-refractivity contribution is 5.81. The van der Waals surface area contributed by atoms with E-state index in [1.165, 1.54) is 0 Å².